The second-order valence-electron chi connectivity index (χ2n) is 0.758. The van der Waals surface area contributed by atoms with Crippen molar-refractivity contribution in [1.82, 2.24) is 0 Å². The Morgan fingerprint density at radius 2 is 1.43 bits per heavy atom. The second kappa shape index (κ2) is 1.98. The molecule has 0 spiro atoms. The maximum absolute atomic E-state index is 11.0. The lowest BCUT2D eigenvalue weighted by Gasteiger charge is -2.16. The van der Waals surface area contributed by atoms with Gasteiger partial charge in [0.1, 0.15) is 0 Å². The molecule has 0 aromatic heterocycles. The van der Waals surface area contributed by atoms with Gasteiger partial charge in [0.25, 0.3) is 0 Å². The lowest BCUT2D eigenvalue weighted by molar-refractivity contribution is 0.0300. The highest BCUT2D eigenvalue weighted by Gasteiger charge is 2.23. The van der Waals surface area contributed by atoms with E-state index >= 15 is 0 Å². The van der Waals surface area contributed by atoms with Gasteiger partial charge in [-0.1, -0.05) is 0 Å². The molecule has 0 nitrogen and oxygen atoms in total. The maximum atomic E-state index is 11.0. The molecule has 0 atom stereocenters. The molecule has 0 rings (SSSR count). The molecule has 7 heavy (non-hydrogen) atoms. The van der Waals surface area contributed by atoms with E-state index in [9.17, 15) is 17.6 Å². The average Bonchev–Trinajstić information content (AvgIpc) is 1.31. The van der Waals surface area contributed by atoms with Gasteiger partial charge in [0.05, 0.1) is 6.43 Å². The summed E-state index contributed by atoms with van der Waals surface area (Å²) in [5.41, 5.74) is 0. The summed E-state index contributed by atoms with van der Waals surface area (Å²) in [4.78, 5) is -4.10. The molecule has 0 saturated heterocycles. The summed E-state index contributed by atoms with van der Waals surface area (Å²) < 4.78 is 43.3. The zero-order valence-electron chi connectivity index (χ0n) is 2.89. The molecule has 0 aromatic carbocycles. The van der Waals surface area contributed by atoms with Crippen molar-refractivity contribution in [3.05, 3.63) is 6.43 Å². The molecule has 0 aliphatic heterocycles. The first-order chi connectivity index (χ1) is 2.94. The van der Waals surface area contributed by atoms with E-state index < -0.39 is 11.3 Å². The first kappa shape index (κ1) is 7.20. The number of rotatable bonds is 1. The molecule has 0 aromatic rings. The number of alkyl halides is 3. The second-order valence-corrected chi connectivity index (χ2v) is 1.75. The van der Waals surface area contributed by atoms with E-state index in [1.165, 1.54) is 15.9 Å². The van der Waals surface area contributed by atoms with Gasteiger partial charge in [-0.2, -0.15) is 0 Å². The van der Waals surface area contributed by atoms with E-state index in [-0.39, 0.29) is 0 Å². The van der Waals surface area contributed by atoms with E-state index in [0.29, 0.717) is 0 Å². The van der Waals surface area contributed by atoms with Gasteiger partial charge in [0.2, 0.25) is 4.83 Å². The van der Waals surface area contributed by atoms with Gasteiger partial charge in [-0.25, -0.2) is 8.78 Å². The van der Waals surface area contributed by atoms with Crippen molar-refractivity contribution in [2.75, 3.05) is 0 Å². The summed E-state index contributed by atoms with van der Waals surface area (Å²) in [6.07, 6.45) is -2.92. The Kier molecular flexibility index (Phi) is 2.04. The number of hydrogen-bond acceptors (Lipinski definition) is 0. The van der Waals surface area contributed by atoms with Gasteiger partial charge in [-0.3, -0.25) is 0 Å². The quantitative estimate of drug-likeness (QED) is 0.330. The fraction of sp³-hybridized carbons (Fsp3) is 0.500. The fourth-order valence-corrected chi connectivity index (χ4v) is 0. The Balaban J connectivity index is 3.54. The molecule has 0 fully saturated rings. The zero-order chi connectivity index (χ0) is 6.08. The third-order valence-electron chi connectivity index (χ3n) is 0.214. The van der Waals surface area contributed by atoms with Crippen LogP contribution in [0.3, 0.4) is 0 Å². The van der Waals surface area contributed by atoms with Crippen molar-refractivity contribution in [3.63, 3.8) is 0 Å². The van der Waals surface area contributed by atoms with E-state index in [0.717, 1.165) is 0 Å². The summed E-state index contributed by atoms with van der Waals surface area (Å²) in [5.74, 6) is 0. The lowest BCUT2D eigenvalue weighted by atomic mass is 10.8. The van der Waals surface area contributed by atoms with Gasteiger partial charge in [0, 0.05) is 0 Å². The maximum Gasteiger partial charge on any atom is 0.243 e. The van der Waals surface area contributed by atoms with Crippen LogP contribution in [0.25, 0.3) is 0 Å². The third-order valence-corrected chi connectivity index (χ3v) is 0.514. The van der Waals surface area contributed by atoms with Crippen molar-refractivity contribution < 1.29 is 17.6 Å². The van der Waals surface area contributed by atoms with E-state index in [4.69, 9.17) is 0 Å². The molecular formula is C2BrF4-. The fourth-order valence-electron chi connectivity index (χ4n) is 0. The zero-order valence-corrected chi connectivity index (χ0v) is 4.48. The minimum atomic E-state index is -4.10. The van der Waals surface area contributed by atoms with Gasteiger partial charge >= 0.3 is 0 Å². The first-order valence-electron chi connectivity index (χ1n) is 1.19. The van der Waals surface area contributed by atoms with Crippen molar-refractivity contribution in [3.8, 4) is 0 Å². The number of hydrogen-bond donors (Lipinski definition) is 0. The summed E-state index contributed by atoms with van der Waals surface area (Å²) in [5, 5.41) is 0. The van der Waals surface area contributed by atoms with Crippen LogP contribution in [-0.2, 0) is 0 Å². The molecule has 0 heterocycles. The highest BCUT2D eigenvalue weighted by atomic mass is 79.9. The standard InChI is InChI=1S/C2BrF4/c3-2(6,7)1(4)5/q-1. The van der Waals surface area contributed by atoms with E-state index in [2.05, 4.69) is 0 Å². The van der Waals surface area contributed by atoms with Crippen LogP contribution in [0.4, 0.5) is 17.6 Å². The van der Waals surface area contributed by atoms with Crippen LogP contribution in [-0.4, -0.2) is 4.83 Å². The van der Waals surface area contributed by atoms with Gasteiger partial charge in [-0.15, -0.1) is 0 Å². The van der Waals surface area contributed by atoms with Crippen LogP contribution in [0, 0.1) is 6.43 Å². The van der Waals surface area contributed by atoms with Crippen molar-refractivity contribution in [1.29, 1.82) is 0 Å². The predicted octanol–water partition coefficient (Wildman–Crippen LogP) is 2.40. The van der Waals surface area contributed by atoms with Crippen LogP contribution in [0.5, 0.6) is 0 Å². The molecule has 0 amide bonds. The Morgan fingerprint density at radius 3 is 1.43 bits per heavy atom. The van der Waals surface area contributed by atoms with Crippen LogP contribution >= 0.6 is 15.9 Å². The minimum absolute atomic E-state index is 1.42. The van der Waals surface area contributed by atoms with E-state index in [1.807, 2.05) is 0 Å². The van der Waals surface area contributed by atoms with Gasteiger partial charge in [-0.05, 0) is 15.9 Å². The Morgan fingerprint density at radius 1 is 1.29 bits per heavy atom. The Hall–Kier alpha value is 0.200. The summed E-state index contributed by atoms with van der Waals surface area (Å²) in [7, 11) is 0. The topological polar surface area (TPSA) is 0 Å². The SMILES string of the molecule is F[C-](F)C(F)(F)Br. The molecule has 0 bridgehead atoms. The molecule has 0 aliphatic carbocycles. The summed E-state index contributed by atoms with van der Waals surface area (Å²) in [6.45, 7) is 0. The van der Waals surface area contributed by atoms with Crippen molar-refractivity contribution in [2.45, 2.75) is 4.83 Å². The molecule has 0 aliphatic rings. The first-order valence-corrected chi connectivity index (χ1v) is 1.99. The molecule has 44 valence electrons. The summed E-state index contributed by atoms with van der Waals surface area (Å²) >= 11 is 1.42. The van der Waals surface area contributed by atoms with Crippen LogP contribution < -0.4 is 0 Å². The largest absolute Gasteiger partial charge is 0.414 e. The monoisotopic (exact) mass is 179 g/mol. The highest BCUT2D eigenvalue weighted by Crippen LogP contribution is 2.34. The Bertz CT molecular complexity index is 55.2. The van der Waals surface area contributed by atoms with Gasteiger partial charge in [0.15, 0.2) is 0 Å². The van der Waals surface area contributed by atoms with Crippen LogP contribution in [0.15, 0.2) is 0 Å². The molecule has 0 unspecified atom stereocenters. The normalized spacial score (nSPS) is 12.9. The predicted molar refractivity (Wildman–Crippen MR) is 19.3 cm³/mol. The molecular weight excluding hydrogens is 180 g/mol. The summed E-state index contributed by atoms with van der Waals surface area (Å²) in [6, 6.07) is 0. The smallest absolute Gasteiger partial charge is 0.243 e. The average molecular weight is 180 g/mol. The molecule has 0 N–H and O–H groups in total. The van der Waals surface area contributed by atoms with Gasteiger partial charge < -0.3 is 8.78 Å². The Labute approximate surface area is 45.6 Å². The van der Waals surface area contributed by atoms with Crippen molar-refractivity contribution in [2.24, 2.45) is 0 Å². The molecule has 0 saturated carbocycles. The van der Waals surface area contributed by atoms with E-state index in [1.54, 1.807) is 0 Å². The highest BCUT2D eigenvalue weighted by molar-refractivity contribution is 9.10. The molecule has 0 radical (unpaired) electrons. The van der Waals surface area contributed by atoms with Crippen molar-refractivity contribution >= 4 is 15.9 Å². The minimum Gasteiger partial charge on any atom is -0.414 e. The lowest BCUT2D eigenvalue weighted by Crippen LogP contribution is -2.08. The number of halogens is 5. The van der Waals surface area contributed by atoms with Crippen LogP contribution in [0.2, 0.25) is 0 Å². The third kappa shape index (κ3) is 2.85. The van der Waals surface area contributed by atoms with Crippen LogP contribution in [0.1, 0.15) is 0 Å². The molecule has 5 heteroatoms.